The zero-order valence-electron chi connectivity index (χ0n) is 17.7. The van der Waals surface area contributed by atoms with E-state index in [0.29, 0.717) is 18.0 Å². The summed E-state index contributed by atoms with van der Waals surface area (Å²) in [6.07, 6.45) is 0.885. The number of fused-ring (bicyclic) bond motifs is 1. The normalized spacial score (nSPS) is 14.6. The molecule has 1 N–H and O–H groups in total. The van der Waals surface area contributed by atoms with Gasteiger partial charge in [-0.05, 0) is 24.3 Å². The first-order chi connectivity index (χ1) is 15.8. The number of imidazole rings is 1. The number of morpholine rings is 1. The van der Waals surface area contributed by atoms with Crippen molar-refractivity contribution in [1.29, 1.82) is 0 Å². The molecule has 164 valence electrons. The number of hydrogen-bond donors (Lipinski definition) is 1. The molecule has 0 radical (unpaired) electrons. The lowest BCUT2D eigenvalue weighted by Gasteiger charge is -2.25. The number of hydrogen-bond acceptors (Lipinski definition) is 6. The lowest BCUT2D eigenvalue weighted by atomic mass is 10.2. The topological polar surface area (TPSA) is 72.3 Å². The molecule has 0 bridgehead atoms. The number of benzene rings is 2. The number of amides is 1. The molecule has 0 aliphatic carbocycles. The van der Waals surface area contributed by atoms with E-state index < -0.39 is 0 Å². The average molecular weight is 448 g/mol. The third-order valence-corrected chi connectivity index (χ3v) is 6.31. The molecule has 1 aliphatic heterocycles. The summed E-state index contributed by atoms with van der Waals surface area (Å²) in [4.78, 5) is 24.3. The van der Waals surface area contributed by atoms with Crippen LogP contribution in [0.15, 0.2) is 60.0 Å². The van der Waals surface area contributed by atoms with E-state index in [1.165, 1.54) is 11.3 Å². The van der Waals surface area contributed by atoms with Crippen LogP contribution in [-0.2, 0) is 22.5 Å². The van der Waals surface area contributed by atoms with Crippen LogP contribution in [0.25, 0.3) is 16.7 Å². The lowest BCUT2D eigenvalue weighted by Crippen LogP contribution is -2.35. The van der Waals surface area contributed by atoms with Crippen LogP contribution < -0.4 is 5.32 Å². The number of carbonyl (C=O) groups is 1. The van der Waals surface area contributed by atoms with E-state index in [1.54, 1.807) is 0 Å². The number of ether oxygens (including phenoxy) is 1. The molecule has 1 saturated heterocycles. The Morgan fingerprint density at radius 1 is 1.03 bits per heavy atom. The summed E-state index contributed by atoms with van der Waals surface area (Å²) in [5.74, 6) is 0.823. The first kappa shape index (κ1) is 20.8. The molecule has 0 saturated carbocycles. The molecule has 5 rings (SSSR count). The number of aromatic nitrogens is 3. The van der Waals surface area contributed by atoms with Crippen LogP contribution in [0.5, 0.6) is 0 Å². The number of carbonyl (C=O) groups excluding carboxylic acids is 1. The zero-order valence-corrected chi connectivity index (χ0v) is 18.6. The summed E-state index contributed by atoms with van der Waals surface area (Å²) in [6, 6.07) is 18.2. The highest BCUT2D eigenvalue weighted by molar-refractivity contribution is 7.13. The largest absolute Gasteiger partial charge is 0.379 e. The standard InChI is InChI=1S/C24H25N5O2S/c30-23(27-24-25-18(17-32-24)16-28-12-14-31-15-13-28)11-10-22-26-20-8-4-5-9-21(20)29(22)19-6-2-1-3-7-19/h1-9,17H,10-16H2,(H,25,27,30). The van der Waals surface area contributed by atoms with Crippen molar-refractivity contribution in [3.05, 3.63) is 71.5 Å². The highest BCUT2D eigenvalue weighted by Crippen LogP contribution is 2.23. The predicted molar refractivity (Wildman–Crippen MR) is 126 cm³/mol. The summed E-state index contributed by atoms with van der Waals surface area (Å²) in [5.41, 5.74) is 4.00. The maximum atomic E-state index is 12.6. The van der Waals surface area contributed by atoms with Gasteiger partial charge in [-0.2, -0.15) is 0 Å². The number of anilines is 1. The molecule has 0 spiro atoms. The van der Waals surface area contributed by atoms with Gasteiger partial charge in [0.2, 0.25) is 5.91 Å². The number of para-hydroxylation sites is 3. The van der Waals surface area contributed by atoms with E-state index in [2.05, 4.69) is 38.0 Å². The number of thiazole rings is 1. The SMILES string of the molecule is O=C(CCc1nc2ccccc2n1-c1ccccc1)Nc1nc(CN2CCOCC2)cs1. The minimum absolute atomic E-state index is 0.0519. The second-order valence-electron chi connectivity index (χ2n) is 7.77. The van der Waals surface area contributed by atoms with Crippen LogP contribution in [0.3, 0.4) is 0 Å². The average Bonchev–Trinajstić information content (AvgIpc) is 3.42. The van der Waals surface area contributed by atoms with Crippen LogP contribution in [0.4, 0.5) is 5.13 Å². The Morgan fingerprint density at radius 3 is 2.66 bits per heavy atom. The molecule has 7 nitrogen and oxygen atoms in total. The second-order valence-corrected chi connectivity index (χ2v) is 8.63. The molecule has 1 aliphatic rings. The van der Waals surface area contributed by atoms with Crippen molar-refractivity contribution in [2.45, 2.75) is 19.4 Å². The highest BCUT2D eigenvalue weighted by Gasteiger charge is 2.16. The maximum Gasteiger partial charge on any atom is 0.226 e. The van der Waals surface area contributed by atoms with Gasteiger partial charge in [0, 0.05) is 43.5 Å². The van der Waals surface area contributed by atoms with E-state index in [1.807, 2.05) is 41.8 Å². The summed E-state index contributed by atoms with van der Waals surface area (Å²) in [6.45, 7) is 4.16. The quantitative estimate of drug-likeness (QED) is 0.465. The minimum atomic E-state index is -0.0519. The van der Waals surface area contributed by atoms with Crippen LogP contribution in [0, 0.1) is 0 Å². The van der Waals surface area contributed by atoms with Gasteiger partial charge in [0.15, 0.2) is 5.13 Å². The lowest BCUT2D eigenvalue weighted by molar-refractivity contribution is -0.116. The smallest absolute Gasteiger partial charge is 0.226 e. The first-order valence-corrected chi connectivity index (χ1v) is 11.7. The van der Waals surface area contributed by atoms with Gasteiger partial charge in [-0.3, -0.25) is 14.3 Å². The Morgan fingerprint density at radius 2 is 1.81 bits per heavy atom. The van der Waals surface area contributed by atoms with Gasteiger partial charge < -0.3 is 10.1 Å². The summed E-state index contributed by atoms with van der Waals surface area (Å²) in [5, 5.41) is 5.61. The van der Waals surface area contributed by atoms with Crippen LogP contribution in [-0.4, -0.2) is 51.6 Å². The number of rotatable bonds is 7. The van der Waals surface area contributed by atoms with Gasteiger partial charge in [-0.25, -0.2) is 9.97 Å². The molecule has 2 aromatic heterocycles. The molecular formula is C24H25N5O2S. The van der Waals surface area contributed by atoms with Crippen molar-refractivity contribution >= 4 is 33.4 Å². The fourth-order valence-corrected chi connectivity index (χ4v) is 4.66. The van der Waals surface area contributed by atoms with E-state index in [9.17, 15) is 4.79 Å². The van der Waals surface area contributed by atoms with Crippen LogP contribution >= 0.6 is 11.3 Å². The highest BCUT2D eigenvalue weighted by atomic mass is 32.1. The summed E-state index contributed by atoms with van der Waals surface area (Å²) >= 11 is 1.47. The van der Waals surface area contributed by atoms with Crippen LogP contribution in [0.1, 0.15) is 17.9 Å². The molecule has 32 heavy (non-hydrogen) atoms. The fourth-order valence-electron chi connectivity index (χ4n) is 3.94. The van der Waals surface area contributed by atoms with Crippen molar-refractivity contribution in [2.75, 3.05) is 31.6 Å². The van der Waals surface area contributed by atoms with Crippen molar-refractivity contribution in [3.63, 3.8) is 0 Å². The Hall–Kier alpha value is -3.07. The fraction of sp³-hybridized carbons (Fsp3) is 0.292. The van der Waals surface area contributed by atoms with Crippen LogP contribution in [0.2, 0.25) is 0 Å². The molecule has 2 aromatic carbocycles. The Kier molecular flexibility index (Phi) is 6.24. The van der Waals surface area contributed by atoms with E-state index in [0.717, 1.165) is 61.1 Å². The number of nitrogens with zero attached hydrogens (tertiary/aromatic N) is 4. The number of aryl methyl sites for hydroxylation is 1. The molecule has 1 amide bonds. The molecule has 1 fully saturated rings. The van der Waals surface area contributed by atoms with Crippen molar-refractivity contribution in [3.8, 4) is 5.69 Å². The van der Waals surface area contributed by atoms with E-state index in [4.69, 9.17) is 9.72 Å². The predicted octanol–water partition coefficient (Wildman–Crippen LogP) is 3.89. The van der Waals surface area contributed by atoms with Gasteiger partial charge in [0.05, 0.1) is 29.9 Å². The molecular weight excluding hydrogens is 422 g/mol. The molecule has 0 unspecified atom stereocenters. The third kappa shape index (κ3) is 4.72. The van der Waals surface area contributed by atoms with Crippen molar-refractivity contribution < 1.29 is 9.53 Å². The Balaban J connectivity index is 1.25. The van der Waals surface area contributed by atoms with Gasteiger partial charge in [0.1, 0.15) is 5.82 Å². The maximum absolute atomic E-state index is 12.6. The summed E-state index contributed by atoms with van der Waals surface area (Å²) < 4.78 is 7.52. The van der Waals surface area contributed by atoms with Crippen molar-refractivity contribution in [2.24, 2.45) is 0 Å². The Labute approximate surface area is 190 Å². The second kappa shape index (κ2) is 9.60. The minimum Gasteiger partial charge on any atom is -0.379 e. The molecule has 3 heterocycles. The Bertz CT molecular complexity index is 1200. The van der Waals surface area contributed by atoms with E-state index >= 15 is 0 Å². The van der Waals surface area contributed by atoms with Crippen molar-refractivity contribution in [1.82, 2.24) is 19.4 Å². The molecule has 8 heteroatoms. The van der Waals surface area contributed by atoms with E-state index in [-0.39, 0.29) is 5.91 Å². The van der Waals surface area contributed by atoms with Gasteiger partial charge in [-0.1, -0.05) is 30.3 Å². The zero-order chi connectivity index (χ0) is 21.8. The van der Waals surface area contributed by atoms with Gasteiger partial charge in [-0.15, -0.1) is 11.3 Å². The number of nitrogens with one attached hydrogen (secondary N) is 1. The van der Waals surface area contributed by atoms with Gasteiger partial charge in [0.25, 0.3) is 0 Å². The molecule has 0 atom stereocenters. The monoisotopic (exact) mass is 447 g/mol. The summed E-state index contributed by atoms with van der Waals surface area (Å²) in [7, 11) is 0. The molecule has 4 aromatic rings. The van der Waals surface area contributed by atoms with Gasteiger partial charge >= 0.3 is 0 Å². The third-order valence-electron chi connectivity index (χ3n) is 5.51. The first-order valence-electron chi connectivity index (χ1n) is 10.8.